The first-order valence-corrected chi connectivity index (χ1v) is 5.93. The summed E-state index contributed by atoms with van der Waals surface area (Å²) in [5.41, 5.74) is 0. The lowest BCUT2D eigenvalue weighted by atomic mass is 10.1. The lowest BCUT2D eigenvalue weighted by molar-refractivity contribution is -0.123. The van der Waals surface area contributed by atoms with E-state index in [-0.39, 0.29) is 12.0 Å². The maximum atomic E-state index is 11.5. The summed E-state index contributed by atoms with van der Waals surface area (Å²) in [5, 5.41) is 6.29. The molecule has 0 aromatic heterocycles. The van der Waals surface area contributed by atoms with Crippen LogP contribution in [0.2, 0.25) is 0 Å². The van der Waals surface area contributed by atoms with Gasteiger partial charge in [-0.2, -0.15) is 0 Å². The molecular weight excluding hydrogens is 192 g/mol. The van der Waals surface area contributed by atoms with Crippen molar-refractivity contribution in [3.05, 3.63) is 0 Å². The lowest BCUT2D eigenvalue weighted by Gasteiger charge is -2.12. The molecule has 0 radical (unpaired) electrons. The van der Waals surface area contributed by atoms with Gasteiger partial charge in [0.15, 0.2) is 0 Å². The summed E-state index contributed by atoms with van der Waals surface area (Å²) in [6, 6.07) is 0. The van der Waals surface area contributed by atoms with Crippen LogP contribution in [0.4, 0.5) is 0 Å². The van der Waals surface area contributed by atoms with Gasteiger partial charge in [0.2, 0.25) is 5.91 Å². The van der Waals surface area contributed by atoms with Crippen LogP contribution >= 0.6 is 0 Å². The molecule has 2 saturated heterocycles. The molecule has 0 spiro atoms. The van der Waals surface area contributed by atoms with Crippen molar-refractivity contribution < 1.29 is 9.53 Å². The number of ether oxygens (including phenoxy) is 1. The number of hydrogen-bond acceptors (Lipinski definition) is 3. The second-order valence-electron chi connectivity index (χ2n) is 4.50. The van der Waals surface area contributed by atoms with Crippen molar-refractivity contribution in [2.75, 3.05) is 26.2 Å². The van der Waals surface area contributed by atoms with Crippen LogP contribution in [0, 0.1) is 5.92 Å². The van der Waals surface area contributed by atoms with Crippen molar-refractivity contribution in [2.45, 2.75) is 31.8 Å². The summed E-state index contributed by atoms with van der Waals surface area (Å²) < 4.78 is 5.42. The molecule has 2 rings (SSSR count). The first kappa shape index (κ1) is 10.9. The Morgan fingerprint density at radius 1 is 1.47 bits per heavy atom. The van der Waals surface area contributed by atoms with Crippen LogP contribution in [-0.4, -0.2) is 38.3 Å². The molecule has 0 aromatic carbocycles. The molecule has 2 aliphatic rings. The third-order valence-corrected chi connectivity index (χ3v) is 3.19. The largest absolute Gasteiger partial charge is 0.378 e. The standard InChI is InChI=1S/C11H20N2O2/c14-11(6-10-2-1-5-15-10)13-8-9-3-4-12-7-9/h9-10,12H,1-8H2,(H,13,14). The minimum Gasteiger partial charge on any atom is -0.378 e. The van der Waals surface area contributed by atoms with Crippen molar-refractivity contribution >= 4 is 5.91 Å². The summed E-state index contributed by atoms with van der Waals surface area (Å²) in [5.74, 6) is 0.771. The van der Waals surface area contributed by atoms with E-state index in [0.717, 1.165) is 39.1 Å². The molecule has 1 amide bonds. The van der Waals surface area contributed by atoms with Gasteiger partial charge in [0.25, 0.3) is 0 Å². The minimum absolute atomic E-state index is 0.147. The Morgan fingerprint density at radius 2 is 2.40 bits per heavy atom. The Balaban J connectivity index is 1.59. The highest BCUT2D eigenvalue weighted by molar-refractivity contribution is 5.76. The quantitative estimate of drug-likeness (QED) is 0.704. The monoisotopic (exact) mass is 212 g/mol. The SMILES string of the molecule is O=C(CC1CCCO1)NCC1CCNC1. The van der Waals surface area contributed by atoms with Crippen molar-refractivity contribution in [1.29, 1.82) is 0 Å². The van der Waals surface area contributed by atoms with Gasteiger partial charge in [-0.3, -0.25) is 4.79 Å². The Bertz CT molecular complexity index is 209. The fourth-order valence-corrected chi connectivity index (χ4v) is 2.23. The van der Waals surface area contributed by atoms with Crippen LogP contribution in [0.25, 0.3) is 0 Å². The van der Waals surface area contributed by atoms with Crippen molar-refractivity contribution in [1.82, 2.24) is 10.6 Å². The highest BCUT2D eigenvalue weighted by Gasteiger charge is 2.20. The first-order valence-electron chi connectivity index (χ1n) is 5.93. The van der Waals surface area contributed by atoms with E-state index >= 15 is 0 Å². The maximum Gasteiger partial charge on any atom is 0.222 e. The minimum atomic E-state index is 0.147. The summed E-state index contributed by atoms with van der Waals surface area (Å²) in [7, 11) is 0. The van der Waals surface area contributed by atoms with Gasteiger partial charge in [-0.25, -0.2) is 0 Å². The lowest BCUT2D eigenvalue weighted by Crippen LogP contribution is -2.32. The molecule has 2 aliphatic heterocycles. The molecule has 2 N–H and O–H groups in total. The molecule has 2 atom stereocenters. The van der Waals surface area contributed by atoms with Gasteiger partial charge in [-0.15, -0.1) is 0 Å². The van der Waals surface area contributed by atoms with E-state index in [0.29, 0.717) is 12.3 Å². The number of hydrogen-bond donors (Lipinski definition) is 2. The summed E-state index contributed by atoms with van der Waals surface area (Å²) in [6.45, 7) is 3.77. The summed E-state index contributed by atoms with van der Waals surface area (Å²) >= 11 is 0. The van der Waals surface area contributed by atoms with Crippen LogP contribution in [-0.2, 0) is 9.53 Å². The molecule has 2 unspecified atom stereocenters. The smallest absolute Gasteiger partial charge is 0.222 e. The number of carbonyl (C=O) groups excluding carboxylic acids is 1. The molecule has 2 heterocycles. The average molecular weight is 212 g/mol. The van der Waals surface area contributed by atoms with Crippen LogP contribution in [0.15, 0.2) is 0 Å². The predicted octanol–water partition coefficient (Wildman–Crippen LogP) is 0.281. The van der Waals surface area contributed by atoms with E-state index in [1.807, 2.05) is 0 Å². The predicted molar refractivity (Wildman–Crippen MR) is 57.6 cm³/mol. The van der Waals surface area contributed by atoms with Gasteiger partial charge < -0.3 is 15.4 Å². The molecule has 15 heavy (non-hydrogen) atoms. The van der Waals surface area contributed by atoms with Crippen LogP contribution in [0.5, 0.6) is 0 Å². The number of amides is 1. The molecule has 4 nitrogen and oxygen atoms in total. The van der Waals surface area contributed by atoms with Gasteiger partial charge >= 0.3 is 0 Å². The van der Waals surface area contributed by atoms with Crippen LogP contribution < -0.4 is 10.6 Å². The molecule has 86 valence electrons. The molecule has 2 fully saturated rings. The van der Waals surface area contributed by atoms with E-state index < -0.39 is 0 Å². The fourth-order valence-electron chi connectivity index (χ4n) is 2.23. The van der Waals surface area contributed by atoms with E-state index in [2.05, 4.69) is 10.6 Å². The van der Waals surface area contributed by atoms with Crippen molar-refractivity contribution in [3.8, 4) is 0 Å². The molecule has 0 aromatic rings. The van der Waals surface area contributed by atoms with E-state index in [4.69, 9.17) is 4.74 Å². The maximum absolute atomic E-state index is 11.5. The van der Waals surface area contributed by atoms with Crippen LogP contribution in [0.3, 0.4) is 0 Å². The Hall–Kier alpha value is -0.610. The highest BCUT2D eigenvalue weighted by atomic mass is 16.5. The molecular formula is C11H20N2O2. The zero-order chi connectivity index (χ0) is 10.5. The second kappa shape index (κ2) is 5.47. The molecule has 4 heteroatoms. The van der Waals surface area contributed by atoms with Gasteiger partial charge in [-0.05, 0) is 38.3 Å². The zero-order valence-electron chi connectivity index (χ0n) is 9.13. The third-order valence-electron chi connectivity index (χ3n) is 3.19. The normalized spacial score (nSPS) is 30.7. The Labute approximate surface area is 90.8 Å². The molecule has 0 aliphatic carbocycles. The van der Waals surface area contributed by atoms with Crippen molar-refractivity contribution in [2.24, 2.45) is 5.92 Å². The van der Waals surface area contributed by atoms with Gasteiger partial charge in [-0.1, -0.05) is 0 Å². The van der Waals surface area contributed by atoms with E-state index in [9.17, 15) is 4.79 Å². The van der Waals surface area contributed by atoms with Gasteiger partial charge in [0.1, 0.15) is 0 Å². The number of rotatable bonds is 4. The number of nitrogens with one attached hydrogen (secondary N) is 2. The van der Waals surface area contributed by atoms with E-state index in [1.54, 1.807) is 0 Å². The third kappa shape index (κ3) is 3.47. The zero-order valence-corrected chi connectivity index (χ0v) is 9.13. The second-order valence-corrected chi connectivity index (χ2v) is 4.50. The molecule has 0 saturated carbocycles. The average Bonchev–Trinajstić information content (AvgIpc) is 2.86. The topological polar surface area (TPSA) is 50.4 Å². The Morgan fingerprint density at radius 3 is 3.07 bits per heavy atom. The van der Waals surface area contributed by atoms with Gasteiger partial charge in [0.05, 0.1) is 12.5 Å². The number of carbonyl (C=O) groups is 1. The first-order chi connectivity index (χ1) is 7.34. The Kier molecular flexibility index (Phi) is 3.97. The fraction of sp³-hybridized carbons (Fsp3) is 0.909. The van der Waals surface area contributed by atoms with Crippen LogP contribution in [0.1, 0.15) is 25.7 Å². The molecule has 0 bridgehead atoms. The highest BCUT2D eigenvalue weighted by Crippen LogP contribution is 2.15. The van der Waals surface area contributed by atoms with Crippen molar-refractivity contribution in [3.63, 3.8) is 0 Å². The summed E-state index contributed by atoms with van der Waals surface area (Å²) in [6.07, 6.45) is 4.04. The van der Waals surface area contributed by atoms with Gasteiger partial charge in [0, 0.05) is 13.2 Å². The summed E-state index contributed by atoms with van der Waals surface area (Å²) in [4.78, 5) is 11.5. The van der Waals surface area contributed by atoms with E-state index in [1.165, 1.54) is 6.42 Å².